The average molecular weight is 430 g/mol. The minimum Gasteiger partial charge on any atom is -0.490 e. The van der Waals surface area contributed by atoms with E-state index in [0.717, 1.165) is 16.5 Å². The number of hydrogen-bond donors (Lipinski definition) is 1. The van der Waals surface area contributed by atoms with Crippen LogP contribution in [0.5, 0.6) is 11.5 Å². The summed E-state index contributed by atoms with van der Waals surface area (Å²) < 4.78 is 12.9. The predicted octanol–water partition coefficient (Wildman–Crippen LogP) is 4.76. The maximum Gasteiger partial charge on any atom is 0.263 e. The van der Waals surface area contributed by atoms with Crippen molar-refractivity contribution in [3.63, 3.8) is 0 Å². The minimum atomic E-state index is -0.170. The van der Waals surface area contributed by atoms with Gasteiger partial charge in [0.05, 0.1) is 22.6 Å². The summed E-state index contributed by atoms with van der Waals surface area (Å²) in [5.74, 6) is 1.76. The molecule has 4 nitrogen and oxygen atoms in total. The van der Waals surface area contributed by atoms with Gasteiger partial charge in [-0.2, -0.15) is 0 Å². The molecule has 1 saturated heterocycles. The molecule has 0 aliphatic carbocycles. The normalized spacial score (nSPS) is 16.0. The SMILES string of the molecule is CCOc1cc(/C=C2/SC(=S)NC2=O)cc(Br)c1OCCC(C)C. The van der Waals surface area contributed by atoms with Crippen LogP contribution in [0, 0.1) is 5.92 Å². The average Bonchev–Trinajstić information content (AvgIpc) is 2.79. The number of carbonyl (C=O) groups excluding carboxylic acids is 1. The van der Waals surface area contributed by atoms with Crippen molar-refractivity contribution in [3.05, 3.63) is 27.1 Å². The largest absolute Gasteiger partial charge is 0.490 e. The summed E-state index contributed by atoms with van der Waals surface area (Å²) in [5, 5.41) is 2.61. The van der Waals surface area contributed by atoms with Gasteiger partial charge >= 0.3 is 0 Å². The van der Waals surface area contributed by atoms with Crippen molar-refractivity contribution in [3.8, 4) is 11.5 Å². The summed E-state index contributed by atoms with van der Waals surface area (Å²) in [5.41, 5.74) is 0.851. The summed E-state index contributed by atoms with van der Waals surface area (Å²) in [7, 11) is 0. The molecule has 1 aliphatic rings. The van der Waals surface area contributed by atoms with Crippen LogP contribution in [0.25, 0.3) is 6.08 Å². The molecule has 24 heavy (non-hydrogen) atoms. The van der Waals surface area contributed by atoms with Crippen LogP contribution in [0.4, 0.5) is 0 Å². The first kappa shape index (κ1) is 19.3. The summed E-state index contributed by atoms with van der Waals surface area (Å²) in [4.78, 5) is 12.4. The van der Waals surface area contributed by atoms with Crippen LogP contribution in [0.15, 0.2) is 21.5 Å². The van der Waals surface area contributed by atoms with E-state index in [4.69, 9.17) is 21.7 Å². The van der Waals surface area contributed by atoms with E-state index < -0.39 is 0 Å². The zero-order valence-corrected chi connectivity index (χ0v) is 17.1. The zero-order chi connectivity index (χ0) is 17.7. The van der Waals surface area contributed by atoms with Gasteiger partial charge in [-0.25, -0.2) is 0 Å². The molecular weight excluding hydrogens is 410 g/mol. The number of halogens is 1. The Morgan fingerprint density at radius 3 is 2.71 bits per heavy atom. The highest BCUT2D eigenvalue weighted by atomic mass is 79.9. The van der Waals surface area contributed by atoms with Crippen LogP contribution in [-0.4, -0.2) is 23.4 Å². The Morgan fingerprint density at radius 2 is 2.12 bits per heavy atom. The van der Waals surface area contributed by atoms with Crippen molar-refractivity contribution in [2.75, 3.05) is 13.2 Å². The van der Waals surface area contributed by atoms with Gasteiger partial charge in [0, 0.05) is 0 Å². The maximum atomic E-state index is 11.8. The van der Waals surface area contributed by atoms with Crippen LogP contribution in [0.1, 0.15) is 32.8 Å². The van der Waals surface area contributed by atoms with Crippen LogP contribution in [-0.2, 0) is 4.79 Å². The van der Waals surface area contributed by atoms with E-state index in [2.05, 4.69) is 35.1 Å². The predicted molar refractivity (Wildman–Crippen MR) is 107 cm³/mol. The molecule has 1 aliphatic heterocycles. The van der Waals surface area contributed by atoms with E-state index in [0.29, 0.717) is 39.9 Å². The van der Waals surface area contributed by atoms with Gasteiger partial charge in [0.25, 0.3) is 5.91 Å². The molecule has 0 aromatic heterocycles. The van der Waals surface area contributed by atoms with Gasteiger partial charge < -0.3 is 14.8 Å². The van der Waals surface area contributed by atoms with Crippen molar-refractivity contribution in [2.24, 2.45) is 5.92 Å². The molecule has 0 spiro atoms. The Labute approximate surface area is 160 Å². The number of thioether (sulfide) groups is 1. The summed E-state index contributed by atoms with van der Waals surface area (Å²) in [6.45, 7) is 7.41. The molecule has 0 unspecified atom stereocenters. The van der Waals surface area contributed by atoms with E-state index in [1.54, 1.807) is 6.08 Å². The molecule has 2 rings (SSSR count). The Kier molecular flexibility index (Phi) is 7.13. The fraction of sp³-hybridized carbons (Fsp3) is 0.412. The third-order valence-electron chi connectivity index (χ3n) is 3.21. The van der Waals surface area contributed by atoms with Crippen LogP contribution in [0.2, 0.25) is 0 Å². The first-order valence-electron chi connectivity index (χ1n) is 7.74. The van der Waals surface area contributed by atoms with E-state index in [-0.39, 0.29) is 5.91 Å². The standard InChI is InChI=1S/C17H20BrNO3S2/c1-4-21-13-8-11(9-14-16(20)19-17(23)24-14)7-12(18)15(13)22-6-5-10(2)3/h7-10H,4-6H2,1-3H3,(H,19,20,23)/b14-9+. The highest BCUT2D eigenvalue weighted by molar-refractivity contribution is 9.10. The Balaban J connectivity index is 2.27. The molecule has 0 atom stereocenters. The lowest BCUT2D eigenvalue weighted by atomic mass is 10.1. The van der Waals surface area contributed by atoms with E-state index >= 15 is 0 Å². The molecule has 0 saturated carbocycles. The van der Waals surface area contributed by atoms with E-state index in [1.165, 1.54) is 11.8 Å². The lowest BCUT2D eigenvalue weighted by Crippen LogP contribution is -2.17. The number of hydrogen-bond acceptors (Lipinski definition) is 5. The number of ether oxygens (including phenoxy) is 2. The fourth-order valence-electron chi connectivity index (χ4n) is 2.04. The molecule has 1 aromatic carbocycles. The Bertz CT molecular complexity index is 674. The molecule has 1 heterocycles. The highest BCUT2D eigenvalue weighted by Crippen LogP contribution is 2.38. The molecule has 130 valence electrons. The second-order valence-electron chi connectivity index (χ2n) is 5.65. The number of amides is 1. The molecule has 0 bridgehead atoms. The van der Waals surface area contributed by atoms with Gasteiger partial charge in [-0.3, -0.25) is 4.79 Å². The van der Waals surface area contributed by atoms with Gasteiger partial charge in [0.15, 0.2) is 11.5 Å². The quantitative estimate of drug-likeness (QED) is 0.499. The number of carbonyl (C=O) groups is 1. The highest BCUT2D eigenvalue weighted by Gasteiger charge is 2.22. The Morgan fingerprint density at radius 1 is 1.38 bits per heavy atom. The molecule has 1 aromatic rings. The topological polar surface area (TPSA) is 47.6 Å². The summed E-state index contributed by atoms with van der Waals surface area (Å²) in [6.07, 6.45) is 2.77. The van der Waals surface area contributed by atoms with Gasteiger partial charge in [0.1, 0.15) is 4.32 Å². The first-order valence-corrected chi connectivity index (χ1v) is 9.76. The van der Waals surface area contributed by atoms with Crippen LogP contribution in [0.3, 0.4) is 0 Å². The van der Waals surface area contributed by atoms with Gasteiger partial charge in [-0.15, -0.1) is 0 Å². The number of thiocarbonyl (C=S) groups is 1. The van der Waals surface area contributed by atoms with E-state index in [1.807, 2.05) is 19.1 Å². The van der Waals surface area contributed by atoms with Crippen molar-refractivity contribution >= 4 is 56.2 Å². The maximum absolute atomic E-state index is 11.8. The van der Waals surface area contributed by atoms with Crippen molar-refractivity contribution < 1.29 is 14.3 Å². The summed E-state index contributed by atoms with van der Waals surface area (Å²) in [6, 6.07) is 3.79. The minimum absolute atomic E-state index is 0.170. The van der Waals surface area contributed by atoms with Gasteiger partial charge in [-0.1, -0.05) is 37.8 Å². The zero-order valence-electron chi connectivity index (χ0n) is 13.8. The lowest BCUT2D eigenvalue weighted by Gasteiger charge is -2.15. The molecule has 1 fully saturated rings. The van der Waals surface area contributed by atoms with Gasteiger partial charge in [0.2, 0.25) is 0 Å². The lowest BCUT2D eigenvalue weighted by molar-refractivity contribution is -0.115. The van der Waals surface area contributed by atoms with Crippen LogP contribution >= 0.6 is 39.9 Å². The molecule has 1 amide bonds. The molecule has 1 N–H and O–H groups in total. The molecular formula is C17H20BrNO3S2. The Hall–Kier alpha value is -1.05. The second-order valence-corrected chi connectivity index (χ2v) is 8.22. The van der Waals surface area contributed by atoms with E-state index in [9.17, 15) is 4.79 Å². The van der Waals surface area contributed by atoms with Crippen LogP contribution < -0.4 is 14.8 Å². The monoisotopic (exact) mass is 429 g/mol. The molecule has 7 heteroatoms. The number of nitrogens with one attached hydrogen (secondary N) is 1. The first-order chi connectivity index (χ1) is 11.4. The third kappa shape index (κ3) is 5.22. The van der Waals surface area contributed by atoms with Crippen molar-refractivity contribution in [1.82, 2.24) is 5.32 Å². The number of rotatable bonds is 7. The summed E-state index contributed by atoms with van der Waals surface area (Å²) >= 11 is 9.81. The smallest absolute Gasteiger partial charge is 0.263 e. The fourth-order valence-corrected chi connectivity index (χ4v) is 3.66. The number of benzene rings is 1. The van der Waals surface area contributed by atoms with Crippen molar-refractivity contribution in [1.29, 1.82) is 0 Å². The second kappa shape index (κ2) is 8.87. The van der Waals surface area contributed by atoms with Gasteiger partial charge in [-0.05, 0) is 59.0 Å². The molecule has 0 radical (unpaired) electrons. The third-order valence-corrected chi connectivity index (χ3v) is 4.96. The van der Waals surface area contributed by atoms with Crippen molar-refractivity contribution in [2.45, 2.75) is 27.2 Å².